The van der Waals surface area contributed by atoms with Crippen LogP contribution in [0.3, 0.4) is 0 Å². The number of nitrogens with zero attached hydrogens (tertiary/aromatic N) is 2. The number of benzene rings is 3. The van der Waals surface area contributed by atoms with E-state index in [4.69, 9.17) is 23.2 Å². The van der Waals surface area contributed by atoms with E-state index in [-0.39, 0.29) is 10.9 Å². The molecule has 31 heavy (non-hydrogen) atoms. The summed E-state index contributed by atoms with van der Waals surface area (Å²) in [5.74, 6) is 0. The van der Waals surface area contributed by atoms with Gasteiger partial charge in [-0.3, -0.25) is 4.90 Å². The number of halogens is 2. The Balaban J connectivity index is 1.58. The van der Waals surface area contributed by atoms with Crippen molar-refractivity contribution in [2.24, 2.45) is 0 Å². The molecule has 0 amide bonds. The molecular weight excluding hydrogens is 451 g/mol. The van der Waals surface area contributed by atoms with Gasteiger partial charge in [-0.05, 0) is 47.9 Å². The minimum Gasteiger partial charge on any atom is -0.290 e. The van der Waals surface area contributed by atoms with E-state index in [1.807, 2.05) is 42.5 Å². The van der Waals surface area contributed by atoms with Crippen molar-refractivity contribution in [3.8, 4) is 0 Å². The van der Waals surface area contributed by atoms with Gasteiger partial charge in [-0.2, -0.15) is 4.31 Å². The lowest BCUT2D eigenvalue weighted by molar-refractivity contribution is 0.156. The molecule has 1 aliphatic heterocycles. The molecule has 1 fully saturated rings. The fraction of sp³-hybridized carbons (Fsp3) is 0.250. The minimum atomic E-state index is -3.59. The number of hydrogen-bond acceptors (Lipinski definition) is 3. The molecule has 0 saturated carbocycles. The van der Waals surface area contributed by atoms with Gasteiger partial charge >= 0.3 is 0 Å². The van der Waals surface area contributed by atoms with Gasteiger partial charge in [0, 0.05) is 36.2 Å². The van der Waals surface area contributed by atoms with Crippen LogP contribution >= 0.6 is 23.2 Å². The monoisotopic (exact) mass is 474 g/mol. The van der Waals surface area contributed by atoms with Crippen LogP contribution in [0, 0.1) is 6.92 Å². The second-order valence-electron chi connectivity index (χ2n) is 7.67. The predicted molar refractivity (Wildman–Crippen MR) is 126 cm³/mol. The summed E-state index contributed by atoms with van der Waals surface area (Å²) in [6, 6.07) is 23.2. The molecule has 1 aliphatic rings. The number of rotatable bonds is 5. The highest BCUT2D eigenvalue weighted by atomic mass is 35.5. The number of sulfonamides is 1. The maximum atomic E-state index is 13.2. The topological polar surface area (TPSA) is 40.6 Å². The predicted octanol–water partition coefficient (Wildman–Crippen LogP) is 5.40. The third-order valence-corrected chi connectivity index (χ3v) is 8.48. The van der Waals surface area contributed by atoms with Crippen molar-refractivity contribution in [3.05, 3.63) is 99.5 Å². The Bertz CT molecular complexity index is 1140. The van der Waals surface area contributed by atoms with Crippen molar-refractivity contribution in [2.45, 2.75) is 17.9 Å². The van der Waals surface area contributed by atoms with Crippen LogP contribution in [0.4, 0.5) is 0 Å². The molecule has 1 heterocycles. The van der Waals surface area contributed by atoms with Crippen molar-refractivity contribution >= 4 is 33.2 Å². The molecule has 0 spiro atoms. The van der Waals surface area contributed by atoms with Gasteiger partial charge in [-0.25, -0.2) is 8.42 Å². The van der Waals surface area contributed by atoms with Gasteiger partial charge in [0.05, 0.1) is 10.9 Å². The molecule has 4 rings (SSSR count). The lowest BCUT2D eigenvalue weighted by atomic mass is 9.96. The molecular formula is C24H24Cl2N2O2S. The van der Waals surface area contributed by atoms with Crippen molar-refractivity contribution in [3.63, 3.8) is 0 Å². The van der Waals surface area contributed by atoms with Crippen LogP contribution in [-0.4, -0.2) is 43.8 Å². The second kappa shape index (κ2) is 9.31. The van der Waals surface area contributed by atoms with Crippen LogP contribution in [0.1, 0.15) is 22.7 Å². The highest BCUT2D eigenvalue weighted by molar-refractivity contribution is 7.89. The van der Waals surface area contributed by atoms with E-state index in [1.165, 1.54) is 5.56 Å². The third-order valence-electron chi connectivity index (χ3n) is 5.78. The van der Waals surface area contributed by atoms with E-state index >= 15 is 0 Å². The first-order valence-electron chi connectivity index (χ1n) is 10.2. The van der Waals surface area contributed by atoms with Crippen molar-refractivity contribution < 1.29 is 8.42 Å². The number of piperazine rings is 1. The summed E-state index contributed by atoms with van der Waals surface area (Å²) in [4.78, 5) is 2.61. The first-order chi connectivity index (χ1) is 14.9. The van der Waals surface area contributed by atoms with Crippen LogP contribution < -0.4 is 0 Å². The smallest absolute Gasteiger partial charge is 0.243 e. The molecule has 0 aromatic heterocycles. The zero-order valence-corrected chi connectivity index (χ0v) is 19.5. The molecule has 7 heteroatoms. The lowest BCUT2D eigenvalue weighted by Crippen LogP contribution is -2.49. The lowest BCUT2D eigenvalue weighted by Gasteiger charge is -2.39. The SMILES string of the molecule is Cc1c(Cl)cccc1S(=O)(=O)N1CCN([C@@H](c2ccccc2)c2ccc(Cl)cc2)CC1. The molecule has 3 aromatic carbocycles. The van der Waals surface area contributed by atoms with Crippen LogP contribution in [0.15, 0.2) is 77.7 Å². The summed E-state index contributed by atoms with van der Waals surface area (Å²) < 4.78 is 28.1. The Morgan fingerprint density at radius 3 is 2.03 bits per heavy atom. The van der Waals surface area contributed by atoms with Crippen LogP contribution in [0.2, 0.25) is 10.0 Å². The maximum absolute atomic E-state index is 13.2. The average Bonchev–Trinajstić information content (AvgIpc) is 2.78. The van der Waals surface area contributed by atoms with Gasteiger partial charge in [0.2, 0.25) is 10.0 Å². The van der Waals surface area contributed by atoms with Gasteiger partial charge in [-0.1, -0.05) is 71.7 Å². The van der Waals surface area contributed by atoms with E-state index in [0.717, 1.165) is 5.56 Å². The van der Waals surface area contributed by atoms with Crippen molar-refractivity contribution in [2.75, 3.05) is 26.2 Å². The summed E-state index contributed by atoms with van der Waals surface area (Å²) in [5, 5.41) is 1.16. The molecule has 1 atom stereocenters. The summed E-state index contributed by atoms with van der Waals surface area (Å²) in [5.41, 5.74) is 2.90. The Kier molecular flexibility index (Phi) is 6.70. The normalized spacial score (nSPS) is 16.9. The zero-order valence-electron chi connectivity index (χ0n) is 17.2. The first kappa shape index (κ1) is 22.3. The Morgan fingerprint density at radius 2 is 1.39 bits per heavy atom. The fourth-order valence-electron chi connectivity index (χ4n) is 4.10. The molecule has 162 valence electrons. The maximum Gasteiger partial charge on any atom is 0.243 e. The highest BCUT2D eigenvalue weighted by Gasteiger charge is 2.33. The minimum absolute atomic E-state index is 0.0382. The van der Waals surface area contributed by atoms with Gasteiger partial charge in [0.1, 0.15) is 0 Å². The van der Waals surface area contributed by atoms with E-state index < -0.39 is 10.0 Å². The molecule has 4 nitrogen and oxygen atoms in total. The quantitative estimate of drug-likeness (QED) is 0.496. The summed E-state index contributed by atoms with van der Waals surface area (Å²) in [7, 11) is -3.59. The Labute approximate surface area is 194 Å². The molecule has 0 radical (unpaired) electrons. The fourth-order valence-corrected chi connectivity index (χ4v) is 6.13. The summed E-state index contributed by atoms with van der Waals surface area (Å²) in [6.45, 7) is 3.84. The zero-order chi connectivity index (χ0) is 22.0. The Hall–Kier alpha value is -1.89. The molecule has 1 saturated heterocycles. The highest BCUT2D eigenvalue weighted by Crippen LogP contribution is 2.32. The van der Waals surface area contributed by atoms with Crippen molar-refractivity contribution in [1.29, 1.82) is 0 Å². The largest absolute Gasteiger partial charge is 0.290 e. The van der Waals surface area contributed by atoms with Gasteiger partial charge in [0.25, 0.3) is 0 Å². The van der Waals surface area contributed by atoms with Gasteiger partial charge < -0.3 is 0 Å². The van der Waals surface area contributed by atoms with Crippen LogP contribution in [-0.2, 0) is 10.0 Å². The van der Waals surface area contributed by atoms with E-state index in [2.05, 4.69) is 17.0 Å². The number of hydrogen-bond donors (Lipinski definition) is 0. The van der Waals surface area contributed by atoms with E-state index in [1.54, 1.807) is 29.4 Å². The average molecular weight is 475 g/mol. The van der Waals surface area contributed by atoms with Crippen LogP contribution in [0.5, 0.6) is 0 Å². The molecule has 0 unspecified atom stereocenters. The van der Waals surface area contributed by atoms with E-state index in [0.29, 0.717) is 41.8 Å². The second-order valence-corrected chi connectivity index (χ2v) is 10.4. The summed E-state index contributed by atoms with van der Waals surface area (Å²) >= 11 is 12.3. The summed E-state index contributed by atoms with van der Waals surface area (Å²) in [6.07, 6.45) is 0. The van der Waals surface area contributed by atoms with Crippen LogP contribution in [0.25, 0.3) is 0 Å². The third kappa shape index (κ3) is 4.66. The van der Waals surface area contributed by atoms with Gasteiger partial charge in [-0.15, -0.1) is 0 Å². The molecule has 3 aromatic rings. The van der Waals surface area contributed by atoms with Gasteiger partial charge in [0.15, 0.2) is 0 Å². The first-order valence-corrected chi connectivity index (χ1v) is 12.4. The standard InChI is InChI=1S/C24H24Cl2N2O2S/c1-18-22(26)8-5-9-23(18)31(29,30)28-16-14-27(15-17-28)24(19-6-3-2-4-7-19)20-10-12-21(25)13-11-20/h2-13,24H,14-17H2,1H3/t24-/m0/s1. The Morgan fingerprint density at radius 1 is 0.774 bits per heavy atom. The molecule has 0 N–H and O–H groups in total. The molecule has 0 bridgehead atoms. The molecule has 0 aliphatic carbocycles. The van der Waals surface area contributed by atoms with E-state index in [9.17, 15) is 8.42 Å². The van der Waals surface area contributed by atoms with Crippen molar-refractivity contribution in [1.82, 2.24) is 9.21 Å².